The Balaban J connectivity index is 1.70. The number of nitrogens with one attached hydrogen (secondary N) is 1. The molecule has 0 spiro atoms. The average Bonchev–Trinajstić information content (AvgIpc) is 2.57. The van der Waals surface area contributed by atoms with Gasteiger partial charge >= 0.3 is 0 Å². The molecule has 0 saturated heterocycles. The molecule has 23 heavy (non-hydrogen) atoms. The lowest BCUT2D eigenvalue weighted by atomic mass is 10.1. The van der Waals surface area contributed by atoms with E-state index < -0.39 is 0 Å². The first-order valence-electron chi connectivity index (χ1n) is 7.04. The second-order valence-corrected chi connectivity index (χ2v) is 6.38. The summed E-state index contributed by atoms with van der Waals surface area (Å²) in [5.41, 5.74) is 1.61. The van der Waals surface area contributed by atoms with E-state index in [1.807, 2.05) is 31.2 Å². The van der Waals surface area contributed by atoms with Crippen molar-refractivity contribution in [1.82, 2.24) is 10.2 Å². The summed E-state index contributed by atoms with van der Waals surface area (Å²) in [6, 6.07) is 15.0. The number of benzene rings is 2. The molecule has 2 aromatic carbocycles. The van der Waals surface area contributed by atoms with Gasteiger partial charge < -0.3 is 5.32 Å². The third-order valence-corrected chi connectivity index (χ3v) is 4.54. The minimum absolute atomic E-state index is 0.0937. The van der Waals surface area contributed by atoms with Crippen LogP contribution in [0, 0.1) is 6.92 Å². The SMILES string of the molecule is Cc1nnc(SCC(=O)Nc2ccc(Cl)cc2)c2ccccc12. The van der Waals surface area contributed by atoms with Gasteiger partial charge in [-0.05, 0) is 31.2 Å². The zero-order chi connectivity index (χ0) is 16.2. The number of hydrogen-bond acceptors (Lipinski definition) is 4. The van der Waals surface area contributed by atoms with Crippen molar-refractivity contribution in [2.75, 3.05) is 11.1 Å². The molecule has 0 aliphatic heterocycles. The molecule has 4 nitrogen and oxygen atoms in total. The van der Waals surface area contributed by atoms with Crippen LogP contribution in [0.4, 0.5) is 5.69 Å². The van der Waals surface area contributed by atoms with Crippen molar-refractivity contribution in [3.05, 3.63) is 59.2 Å². The van der Waals surface area contributed by atoms with Crippen LogP contribution in [0.15, 0.2) is 53.6 Å². The number of nitrogens with zero attached hydrogens (tertiary/aromatic N) is 2. The maximum Gasteiger partial charge on any atom is 0.234 e. The van der Waals surface area contributed by atoms with Crippen LogP contribution in [-0.2, 0) is 4.79 Å². The molecule has 1 N–H and O–H groups in total. The lowest BCUT2D eigenvalue weighted by Gasteiger charge is -2.07. The molecule has 3 rings (SSSR count). The van der Waals surface area contributed by atoms with Crippen molar-refractivity contribution in [3.63, 3.8) is 0 Å². The Morgan fingerprint density at radius 2 is 1.78 bits per heavy atom. The highest BCUT2D eigenvalue weighted by Crippen LogP contribution is 2.26. The molecule has 0 aliphatic rings. The molecule has 3 aromatic rings. The Morgan fingerprint density at radius 1 is 1.09 bits per heavy atom. The first-order chi connectivity index (χ1) is 11.1. The molecule has 1 heterocycles. The minimum Gasteiger partial charge on any atom is -0.325 e. The average molecular weight is 344 g/mol. The number of aryl methyl sites for hydroxylation is 1. The van der Waals surface area contributed by atoms with Gasteiger partial charge in [-0.25, -0.2) is 0 Å². The summed E-state index contributed by atoms with van der Waals surface area (Å²) in [6.45, 7) is 1.93. The fraction of sp³-hybridized carbons (Fsp3) is 0.118. The normalized spacial score (nSPS) is 10.7. The maximum absolute atomic E-state index is 12.1. The number of thioether (sulfide) groups is 1. The Morgan fingerprint density at radius 3 is 2.52 bits per heavy atom. The quantitative estimate of drug-likeness (QED) is 0.717. The molecule has 0 bridgehead atoms. The van der Waals surface area contributed by atoms with Crippen molar-refractivity contribution in [2.24, 2.45) is 0 Å². The molecule has 0 saturated carbocycles. The molecule has 1 aromatic heterocycles. The minimum atomic E-state index is -0.0937. The van der Waals surface area contributed by atoms with Crippen LogP contribution in [0.1, 0.15) is 5.69 Å². The van der Waals surface area contributed by atoms with Crippen LogP contribution in [0.2, 0.25) is 5.02 Å². The molecule has 0 aliphatic carbocycles. The predicted octanol–water partition coefficient (Wildman–Crippen LogP) is 4.32. The maximum atomic E-state index is 12.1. The van der Waals surface area contributed by atoms with Gasteiger partial charge in [-0.1, -0.05) is 47.6 Å². The lowest BCUT2D eigenvalue weighted by Crippen LogP contribution is -2.14. The van der Waals surface area contributed by atoms with Crippen LogP contribution in [0.3, 0.4) is 0 Å². The lowest BCUT2D eigenvalue weighted by molar-refractivity contribution is -0.113. The first kappa shape index (κ1) is 15.8. The van der Waals surface area contributed by atoms with Gasteiger partial charge in [-0.2, -0.15) is 5.10 Å². The molecule has 0 fully saturated rings. The fourth-order valence-corrected chi connectivity index (χ4v) is 3.08. The molecule has 0 radical (unpaired) electrons. The number of carbonyl (C=O) groups is 1. The molecule has 6 heteroatoms. The van der Waals surface area contributed by atoms with Gasteiger partial charge in [-0.3, -0.25) is 4.79 Å². The number of halogens is 1. The standard InChI is InChI=1S/C17H14ClN3OS/c1-11-14-4-2-3-5-15(14)17(21-20-11)23-10-16(22)19-13-8-6-12(18)7-9-13/h2-9H,10H2,1H3,(H,19,22). The summed E-state index contributed by atoms with van der Waals surface area (Å²) < 4.78 is 0. The number of carbonyl (C=O) groups excluding carboxylic acids is 1. The third kappa shape index (κ3) is 3.81. The van der Waals surface area contributed by atoms with Crippen LogP contribution in [0.5, 0.6) is 0 Å². The Bertz CT molecular complexity index is 852. The van der Waals surface area contributed by atoms with E-state index >= 15 is 0 Å². The van der Waals surface area contributed by atoms with Gasteiger partial charge in [0.15, 0.2) is 0 Å². The van der Waals surface area contributed by atoms with E-state index in [0.717, 1.165) is 27.2 Å². The molecular formula is C17H14ClN3OS. The smallest absolute Gasteiger partial charge is 0.234 e. The zero-order valence-corrected chi connectivity index (χ0v) is 14.0. The van der Waals surface area contributed by atoms with Gasteiger partial charge in [0.1, 0.15) is 5.03 Å². The monoisotopic (exact) mass is 343 g/mol. The Hall–Kier alpha value is -2.11. The van der Waals surface area contributed by atoms with Crippen molar-refractivity contribution < 1.29 is 4.79 Å². The summed E-state index contributed by atoms with van der Waals surface area (Å²) >= 11 is 7.20. The predicted molar refractivity (Wildman–Crippen MR) is 95.1 cm³/mol. The van der Waals surface area contributed by atoms with Gasteiger partial charge in [-0.15, -0.1) is 5.10 Å². The van der Waals surface area contributed by atoms with Gasteiger partial charge in [0, 0.05) is 21.5 Å². The highest BCUT2D eigenvalue weighted by molar-refractivity contribution is 8.00. The largest absolute Gasteiger partial charge is 0.325 e. The van der Waals surface area contributed by atoms with Gasteiger partial charge in [0.05, 0.1) is 11.4 Å². The molecule has 0 unspecified atom stereocenters. The summed E-state index contributed by atoms with van der Waals surface area (Å²) in [5, 5.41) is 14.7. The second kappa shape index (κ2) is 6.98. The highest BCUT2D eigenvalue weighted by atomic mass is 35.5. The van der Waals surface area contributed by atoms with Crippen molar-refractivity contribution >= 4 is 45.7 Å². The van der Waals surface area contributed by atoms with E-state index in [4.69, 9.17) is 11.6 Å². The third-order valence-electron chi connectivity index (χ3n) is 3.31. The van der Waals surface area contributed by atoms with Gasteiger partial charge in [0.25, 0.3) is 0 Å². The van der Waals surface area contributed by atoms with Crippen molar-refractivity contribution in [2.45, 2.75) is 11.9 Å². The Labute approximate surface area is 143 Å². The summed E-state index contributed by atoms with van der Waals surface area (Å²) in [6.07, 6.45) is 0. The fourth-order valence-electron chi connectivity index (χ4n) is 2.18. The van der Waals surface area contributed by atoms with E-state index in [2.05, 4.69) is 15.5 Å². The van der Waals surface area contributed by atoms with Crippen LogP contribution in [-0.4, -0.2) is 21.9 Å². The van der Waals surface area contributed by atoms with Crippen LogP contribution in [0.25, 0.3) is 10.8 Å². The first-order valence-corrected chi connectivity index (χ1v) is 8.40. The van der Waals surface area contributed by atoms with E-state index in [-0.39, 0.29) is 11.7 Å². The summed E-state index contributed by atoms with van der Waals surface area (Å²) in [5.74, 6) is 0.174. The van der Waals surface area contributed by atoms with E-state index in [9.17, 15) is 4.79 Å². The topological polar surface area (TPSA) is 54.9 Å². The second-order valence-electron chi connectivity index (χ2n) is 4.98. The molecular weight excluding hydrogens is 330 g/mol. The van der Waals surface area contributed by atoms with Crippen molar-refractivity contribution in [1.29, 1.82) is 0 Å². The number of aromatic nitrogens is 2. The number of amides is 1. The molecule has 1 amide bonds. The van der Waals surface area contributed by atoms with E-state index in [1.165, 1.54) is 11.8 Å². The van der Waals surface area contributed by atoms with Crippen LogP contribution < -0.4 is 5.32 Å². The molecule has 0 atom stereocenters. The van der Waals surface area contributed by atoms with Gasteiger partial charge in [0.2, 0.25) is 5.91 Å². The Kier molecular flexibility index (Phi) is 4.79. The van der Waals surface area contributed by atoms with Crippen LogP contribution >= 0.6 is 23.4 Å². The number of hydrogen-bond donors (Lipinski definition) is 1. The number of rotatable bonds is 4. The summed E-state index contributed by atoms with van der Waals surface area (Å²) in [7, 11) is 0. The zero-order valence-electron chi connectivity index (χ0n) is 12.4. The highest BCUT2D eigenvalue weighted by Gasteiger charge is 2.09. The number of fused-ring (bicyclic) bond motifs is 1. The van der Waals surface area contributed by atoms with Crippen molar-refractivity contribution in [3.8, 4) is 0 Å². The van der Waals surface area contributed by atoms with E-state index in [1.54, 1.807) is 24.3 Å². The van der Waals surface area contributed by atoms with E-state index in [0.29, 0.717) is 5.02 Å². The summed E-state index contributed by atoms with van der Waals surface area (Å²) in [4.78, 5) is 12.1. The number of anilines is 1. The molecule has 116 valence electrons.